The molecule has 1 aromatic carbocycles. The lowest BCUT2D eigenvalue weighted by atomic mass is 9.79. The number of halogens is 1. The van der Waals surface area contributed by atoms with Gasteiger partial charge in [-0.3, -0.25) is 4.79 Å². The Morgan fingerprint density at radius 3 is 2.72 bits per heavy atom. The maximum Gasteiger partial charge on any atom is 0.254 e. The van der Waals surface area contributed by atoms with E-state index in [9.17, 15) is 18.3 Å². The van der Waals surface area contributed by atoms with Crippen molar-refractivity contribution in [3.05, 3.63) is 34.3 Å². The molecule has 1 aliphatic heterocycles. The van der Waals surface area contributed by atoms with Gasteiger partial charge in [0, 0.05) is 17.1 Å². The van der Waals surface area contributed by atoms with Crippen LogP contribution in [-0.2, 0) is 21.2 Å². The summed E-state index contributed by atoms with van der Waals surface area (Å²) in [6.45, 7) is 0.451. The van der Waals surface area contributed by atoms with Crippen LogP contribution in [0.15, 0.2) is 28.7 Å². The highest BCUT2D eigenvalue weighted by Gasteiger charge is 2.49. The molecule has 0 bridgehead atoms. The van der Waals surface area contributed by atoms with Crippen LogP contribution in [0.4, 0.5) is 0 Å². The number of carbonyl (C=O) groups is 1. The zero-order valence-corrected chi connectivity index (χ0v) is 16.5. The summed E-state index contributed by atoms with van der Waals surface area (Å²) in [7, 11) is -3.38. The van der Waals surface area contributed by atoms with E-state index in [4.69, 9.17) is 0 Å². The third kappa shape index (κ3) is 4.24. The first-order valence-electron chi connectivity index (χ1n) is 8.43. The number of likely N-dealkylation sites (tertiary alicyclic amines) is 1. The molecule has 0 unspecified atom stereocenters. The van der Waals surface area contributed by atoms with Crippen molar-refractivity contribution in [3.8, 4) is 0 Å². The number of carbonyl (C=O) groups excluding carboxylic acids is 1. The minimum absolute atomic E-state index is 0.267. The fourth-order valence-electron chi connectivity index (χ4n) is 3.67. The van der Waals surface area contributed by atoms with Gasteiger partial charge in [-0.25, -0.2) is 13.1 Å². The van der Waals surface area contributed by atoms with E-state index in [1.165, 1.54) is 0 Å². The predicted octanol–water partition coefficient (Wildman–Crippen LogP) is 1.43. The lowest BCUT2D eigenvalue weighted by molar-refractivity contribution is -0.161. The van der Waals surface area contributed by atoms with Crippen LogP contribution in [0.1, 0.15) is 31.2 Å². The fraction of sp³-hybridized carbons (Fsp3) is 0.588. The molecule has 25 heavy (non-hydrogen) atoms. The summed E-state index contributed by atoms with van der Waals surface area (Å²) in [5, 5.41) is 10.4. The zero-order valence-electron chi connectivity index (χ0n) is 14.1. The normalized spacial score (nSPS) is 25.6. The van der Waals surface area contributed by atoms with Crippen molar-refractivity contribution in [2.75, 3.05) is 12.8 Å². The summed E-state index contributed by atoms with van der Waals surface area (Å²) < 4.78 is 27.0. The van der Waals surface area contributed by atoms with Crippen molar-refractivity contribution in [3.63, 3.8) is 0 Å². The minimum Gasteiger partial charge on any atom is -0.380 e. The lowest BCUT2D eigenvalue weighted by Crippen LogP contribution is -2.57. The quantitative estimate of drug-likeness (QED) is 0.739. The monoisotopic (exact) mass is 430 g/mol. The molecule has 8 heteroatoms. The summed E-state index contributed by atoms with van der Waals surface area (Å²) in [6, 6.07) is 7.11. The van der Waals surface area contributed by atoms with E-state index in [0.717, 1.165) is 22.7 Å². The van der Waals surface area contributed by atoms with Crippen LogP contribution in [0.3, 0.4) is 0 Å². The summed E-state index contributed by atoms with van der Waals surface area (Å²) >= 11 is 3.44. The molecule has 1 aromatic rings. The minimum atomic E-state index is -3.38. The number of aliphatic hydroxyl groups is 1. The summed E-state index contributed by atoms with van der Waals surface area (Å²) in [6.07, 6.45) is 4.03. The van der Waals surface area contributed by atoms with Crippen molar-refractivity contribution in [1.29, 1.82) is 0 Å². The zero-order chi connectivity index (χ0) is 18.2. The molecule has 1 saturated heterocycles. The van der Waals surface area contributed by atoms with Crippen molar-refractivity contribution < 1.29 is 18.3 Å². The second-order valence-electron chi connectivity index (χ2n) is 7.07. The highest BCUT2D eigenvalue weighted by molar-refractivity contribution is 9.10. The Bertz CT molecular complexity index is 764. The van der Waals surface area contributed by atoms with Gasteiger partial charge in [0.1, 0.15) is 5.60 Å². The Morgan fingerprint density at radius 1 is 1.44 bits per heavy atom. The molecule has 1 saturated carbocycles. The number of sulfonamides is 1. The number of rotatable bonds is 5. The molecule has 2 atom stereocenters. The Morgan fingerprint density at radius 2 is 2.16 bits per heavy atom. The van der Waals surface area contributed by atoms with E-state index in [0.29, 0.717) is 32.2 Å². The van der Waals surface area contributed by atoms with E-state index in [1.807, 2.05) is 24.3 Å². The molecule has 6 nitrogen and oxygen atoms in total. The smallest absolute Gasteiger partial charge is 0.254 e. The number of nitrogens with one attached hydrogen (secondary N) is 1. The average molecular weight is 431 g/mol. The Kier molecular flexibility index (Phi) is 5.26. The van der Waals surface area contributed by atoms with Crippen LogP contribution in [0.5, 0.6) is 0 Å². The summed E-state index contributed by atoms with van der Waals surface area (Å²) in [4.78, 5) is 14.5. The van der Waals surface area contributed by atoms with Crippen LogP contribution in [0, 0.1) is 0 Å². The molecule has 1 amide bonds. The van der Waals surface area contributed by atoms with Crippen LogP contribution in [-0.4, -0.2) is 54.8 Å². The van der Waals surface area contributed by atoms with Gasteiger partial charge in [0.05, 0.1) is 12.3 Å². The number of nitrogens with zero attached hydrogens (tertiary/aromatic N) is 1. The first-order valence-corrected chi connectivity index (χ1v) is 11.1. The molecule has 2 aliphatic rings. The predicted molar refractivity (Wildman–Crippen MR) is 98.5 cm³/mol. The molecule has 2 N–H and O–H groups in total. The van der Waals surface area contributed by atoms with Gasteiger partial charge in [0.25, 0.3) is 5.91 Å². The Labute approximate surface area is 156 Å². The molecule has 3 rings (SSSR count). The molecular weight excluding hydrogens is 408 g/mol. The highest BCUT2D eigenvalue weighted by atomic mass is 79.9. The van der Waals surface area contributed by atoms with Gasteiger partial charge in [-0.1, -0.05) is 28.1 Å². The first kappa shape index (κ1) is 18.8. The molecule has 0 radical (unpaired) electrons. The lowest BCUT2D eigenvalue weighted by Gasteiger charge is -2.40. The van der Waals surface area contributed by atoms with Gasteiger partial charge >= 0.3 is 0 Å². The number of amides is 1. The number of hydrogen-bond donors (Lipinski definition) is 2. The van der Waals surface area contributed by atoms with E-state index in [2.05, 4.69) is 20.7 Å². The van der Waals surface area contributed by atoms with Gasteiger partial charge in [-0.05, 0) is 49.8 Å². The van der Waals surface area contributed by atoms with Crippen LogP contribution >= 0.6 is 15.9 Å². The van der Waals surface area contributed by atoms with E-state index < -0.39 is 15.6 Å². The van der Waals surface area contributed by atoms with Crippen molar-refractivity contribution >= 4 is 31.9 Å². The first-order chi connectivity index (χ1) is 11.7. The third-order valence-electron chi connectivity index (χ3n) is 5.08. The van der Waals surface area contributed by atoms with E-state index in [1.54, 1.807) is 4.90 Å². The Hall–Kier alpha value is -0.960. The van der Waals surface area contributed by atoms with Gasteiger partial charge in [0.2, 0.25) is 10.0 Å². The SMILES string of the molecule is CS(=O)(=O)N[C@H]1CCN(C(=O)C2(O)CCC2)[C@H]1Cc1cccc(Br)c1. The second kappa shape index (κ2) is 6.98. The van der Waals surface area contributed by atoms with Crippen LogP contribution in [0.25, 0.3) is 0 Å². The molecule has 0 aromatic heterocycles. The average Bonchev–Trinajstić information content (AvgIpc) is 2.85. The van der Waals surface area contributed by atoms with Gasteiger partial charge < -0.3 is 10.0 Å². The van der Waals surface area contributed by atoms with E-state index in [-0.39, 0.29) is 18.0 Å². The van der Waals surface area contributed by atoms with Crippen molar-refractivity contribution in [1.82, 2.24) is 9.62 Å². The molecule has 2 fully saturated rings. The van der Waals surface area contributed by atoms with Crippen molar-refractivity contribution in [2.24, 2.45) is 0 Å². The third-order valence-corrected chi connectivity index (χ3v) is 6.31. The van der Waals surface area contributed by atoms with Crippen LogP contribution in [0.2, 0.25) is 0 Å². The maximum atomic E-state index is 12.8. The highest BCUT2D eigenvalue weighted by Crippen LogP contribution is 2.36. The van der Waals surface area contributed by atoms with E-state index >= 15 is 0 Å². The molecule has 0 spiro atoms. The van der Waals surface area contributed by atoms with Gasteiger partial charge in [0.15, 0.2) is 0 Å². The second-order valence-corrected chi connectivity index (χ2v) is 9.77. The molecule has 138 valence electrons. The van der Waals surface area contributed by atoms with Crippen LogP contribution < -0.4 is 4.72 Å². The van der Waals surface area contributed by atoms with Gasteiger partial charge in [-0.15, -0.1) is 0 Å². The fourth-order valence-corrected chi connectivity index (χ4v) is 4.94. The largest absolute Gasteiger partial charge is 0.380 e. The summed E-state index contributed by atoms with van der Waals surface area (Å²) in [5.41, 5.74) is -0.254. The Balaban J connectivity index is 1.85. The number of benzene rings is 1. The standard InChI is InChI=1S/C17H23BrN2O4S/c1-25(23,24)19-14-6-9-20(16(21)17(22)7-3-8-17)15(14)11-12-4-2-5-13(18)10-12/h2,4-5,10,14-15,19,22H,3,6-9,11H2,1H3/t14-,15-/m0/s1. The van der Waals surface area contributed by atoms with Crippen molar-refractivity contribution in [2.45, 2.75) is 49.8 Å². The summed E-state index contributed by atoms with van der Waals surface area (Å²) in [5.74, 6) is -0.267. The molecule has 1 heterocycles. The molecular formula is C17H23BrN2O4S. The molecule has 1 aliphatic carbocycles. The maximum absolute atomic E-state index is 12.8. The topological polar surface area (TPSA) is 86.7 Å². The number of hydrogen-bond acceptors (Lipinski definition) is 4. The van der Waals surface area contributed by atoms with Gasteiger partial charge in [-0.2, -0.15) is 0 Å².